The van der Waals surface area contributed by atoms with Crippen LogP contribution in [0.15, 0.2) is 58.3 Å². The fourth-order valence-electron chi connectivity index (χ4n) is 3.80. The fourth-order valence-corrected chi connectivity index (χ4v) is 5.95. The Kier molecular flexibility index (Phi) is 7.40. The second kappa shape index (κ2) is 9.74. The minimum absolute atomic E-state index is 0.0734. The fraction of sp³-hybridized carbons (Fsp3) is 0.391. The molecule has 0 bridgehead atoms. The van der Waals surface area contributed by atoms with Crippen LogP contribution in [0.1, 0.15) is 48.7 Å². The summed E-state index contributed by atoms with van der Waals surface area (Å²) >= 11 is 0. The molecule has 1 saturated heterocycles. The normalized spacial score (nSPS) is 16.8. The van der Waals surface area contributed by atoms with Crippen molar-refractivity contribution in [2.45, 2.75) is 42.5 Å². The van der Waals surface area contributed by atoms with Crippen molar-refractivity contribution >= 4 is 31.6 Å². The molecule has 1 amide bonds. The van der Waals surface area contributed by atoms with E-state index in [2.05, 4.69) is 5.32 Å². The number of sulfonamides is 1. The van der Waals surface area contributed by atoms with Gasteiger partial charge in [0.15, 0.2) is 15.6 Å². The lowest BCUT2D eigenvalue weighted by Gasteiger charge is -2.31. The third-order valence-corrected chi connectivity index (χ3v) is 8.89. The summed E-state index contributed by atoms with van der Waals surface area (Å²) in [6.45, 7) is 3.62. The van der Waals surface area contributed by atoms with Gasteiger partial charge >= 0.3 is 0 Å². The van der Waals surface area contributed by atoms with Crippen molar-refractivity contribution in [3.63, 3.8) is 0 Å². The number of hydrogen-bond acceptors (Lipinski definition) is 6. The largest absolute Gasteiger partial charge is 0.349 e. The summed E-state index contributed by atoms with van der Waals surface area (Å²) in [5, 5.41) is 2.94. The zero-order chi connectivity index (χ0) is 24.4. The van der Waals surface area contributed by atoms with Crippen molar-refractivity contribution in [3.8, 4) is 0 Å². The lowest BCUT2D eigenvalue weighted by atomic mass is 9.96. The van der Waals surface area contributed by atoms with Crippen LogP contribution in [0, 0.1) is 5.92 Å². The Balaban J connectivity index is 1.60. The standard InChI is InChI=1S/C23H28N2O6S2/c1-16(18-7-9-21(10-8-18)32(3,28)29)24-23(27)19-11-13-25(14-12-19)33(30,31)22-6-4-5-20(15-22)17(2)26/h4-10,15-16,19H,11-14H2,1-3H3,(H,24,27). The Morgan fingerprint density at radius 1 is 0.970 bits per heavy atom. The van der Waals surface area contributed by atoms with Crippen LogP contribution in [0.2, 0.25) is 0 Å². The molecule has 1 unspecified atom stereocenters. The number of nitrogens with one attached hydrogen (secondary N) is 1. The predicted octanol–water partition coefficient (Wildman–Crippen LogP) is 2.57. The number of benzene rings is 2. The molecular formula is C23H28N2O6S2. The molecule has 1 aliphatic heterocycles. The van der Waals surface area contributed by atoms with Gasteiger partial charge in [0.1, 0.15) is 0 Å². The van der Waals surface area contributed by atoms with Crippen molar-refractivity contribution in [1.29, 1.82) is 0 Å². The first-order valence-electron chi connectivity index (χ1n) is 10.6. The van der Waals surface area contributed by atoms with E-state index in [1.54, 1.807) is 24.3 Å². The van der Waals surface area contributed by atoms with E-state index in [9.17, 15) is 26.4 Å². The summed E-state index contributed by atoms with van der Waals surface area (Å²) in [6, 6.07) is 12.0. The molecule has 2 aromatic rings. The molecule has 2 aromatic carbocycles. The maximum absolute atomic E-state index is 13.0. The Bertz CT molecular complexity index is 1250. The molecular weight excluding hydrogens is 464 g/mol. The van der Waals surface area contributed by atoms with Gasteiger partial charge in [-0.25, -0.2) is 16.8 Å². The van der Waals surface area contributed by atoms with Gasteiger partial charge in [0.05, 0.1) is 15.8 Å². The van der Waals surface area contributed by atoms with E-state index in [0.29, 0.717) is 18.4 Å². The highest BCUT2D eigenvalue weighted by molar-refractivity contribution is 7.90. The van der Waals surface area contributed by atoms with Gasteiger partial charge in [0.2, 0.25) is 15.9 Å². The van der Waals surface area contributed by atoms with E-state index in [-0.39, 0.29) is 46.5 Å². The van der Waals surface area contributed by atoms with E-state index in [0.717, 1.165) is 11.8 Å². The minimum atomic E-state index is -3.75. The molecule has 0 aromatic heterocycles. The van der Waals surface area contributed by atoms with Crippen LogP contribution in [-0.2, 0) is 24.7 Å². The first-order valence-corrected chi connectivity index (χ1v) is 13.9. The molecule has 3 rings (SSSR count). The zero-order valence-electron chi connectivity index (χ0n) is 18.8. The molecule has 0 radical (unpaired) electrons. The maximum atomic E-state index is 13.0. The van der Waals surface area contributed by atoms with Gasteiger partial charge in [-0.1, -0.05) is 24.3 Å². The number of ketones is 1. The predicted molar refractivity (Wildman–Crippen MR) is 124 cm³/mol. The number of sulfone groups is 1. The van der Waals surface area contributed by atoms with Gasteiger partial charge in [-0.2, -0.15) is 4.31 Å². The second-order valence-electron chi connectivity index (χ2n) is 8.33. The van der Waals surface area contributed by atoms with Gasteiger partial charge in [0.25, 0.3) is 0 Å². The van der Waals surface area contributed by atoms with Gasteiger partial charge < -0.3 is 5.32 Å². The lowest BCUT2D eigenvalue weighted by molar-refractivity contribution is -0.126. The van der Waals surface area contributed by atoms with Crippen molar-refractivity contribution in [2.24, 2.45) is 5.92 Å². The summed E-state index contributed by atoms with van der Waals surface area (Å²) in [4.78, 5) is 24.6. The molecule has 0 aliphatic carbocycles. The van der Waals surface area contributed by atoms with Crippen molar-refractivity contribution in [2.75, 3.05) is 19.3 Å². The summed E-state index contributed by atoms with van der Waals surface area (Å²) < 4.78 is 50.5. The van der Waals surface area contributed by atoms with Gasteiger partial charge in [-0.3, -0.25) is 9.59 Å². The van der Waals surface area contributed by atoms with Crippen LogP contribution in [0.25, 0.3) is 0 Å². The number of carbonyl (C=O) groups is 2. The SMILES string of the molecule is CC(=O)c1cccc(S(=O)(=O)N2CCC(C(=O)NC(C)c3ccc(S(C)(=O)=O)cc3)CC2)c1. The second-order valence-corrected chi connectivity index (χ2v) is 12.3. The lowest BCUT2D eigenvalue weighted by Crippen LogP contribution is -2.43. The quantitative estimate of drug-likeness (QED) is 0.594. The molecule has 1 atom stereocenters. The molecule has 0 saturated carbocycles. The average molecular weight is 493 g/mol. The van der Waals surface area contributed by atoms with Crippen LogP contribution in [-0.4, -0.2) is 52.2 Å². The van der Waals surface area contributed by atoms with Crippen LogP contribution in [0.4, 0.5) is 0 Å². The van der Waals surface area contributed by atoms with Crippen molar-refractivity contribution in [1.82, 2.24) is 9.62 Å². The Hall–Kier alpha value is -2.56. The number of amides is 1. The molecule has 1 aliphatic rings. The molecule has 1 fully saturated rings. The van der Waals surface area contributed by atoms with Gasteiger partial charge in [-0.05, 0) is 56.5 Å². The number of hydrogen-bond donors (Lipinski definition) is 1. The summed E-state index contributed by atoms with van der Waals surface area (Å²) in [6.07, 6.45) is 1.91. The number of carbonyl (C=O) groups excluding carboxylic acids is 2. The molecule has 8 nitrogen and oxygen atoms in total. The first kappa shape index (κ1) is 25.1. The van der Waals surface area contributed by atoms with Gasteiger partial charge in [0, 0.05) is 30.8 Å². The summed E-state index contributed by atoms with van der Waals surface area (Å²) in [5.74, 6) is -0.689. The third-order valence-electron chi connectivity index (χ3n) is 5.87. The highest BCUT2D eigenvalue weighted by atomic mass is 32.2. The van der Waals surface area contributed by atoms with Crippen LogP contribution < -0.4 is 5.32 Å². The Labute approximate surface area is 195 Å². The maximum Gasteiger partial charge on any atom is 0.243 e. The molecule has 1 N–H and O–H groups in total. The Morgan fingerprint density at radius 3 is 2.12 bits per heavy atom. The van der Waals surface area contributed by atoms with Gasteiger partial charge in [-0.15, -0.1) is 0 Å². The highest BCUT2D eigenvalue weighted by Crippen LogP contribution is 2.25. The summed E-state index contributed by atoms with van der Waals surface area (Å²) in [5.41, 5.74) is 1.12. The van der Waals surface area contributed by atoms with E-state index in [1.165, 1.54) is 35.5 Å². The number of rotatable bonds is 7. The topological polar surface area (TPSA) is 118 Å². The first-order chi connectivity index (χ1) is 15.4. The van der Waals surface area contributed by atoms with E-state index >= 15 is 0 Å². The van der Waals surface area contributed by atoms with Crippen LogP contribution in [0.5, 0.6) is 0 Å². The molecule has 33 heavy (non-hydrogen) atoms. The van der Waals surface area contributed by atoms with E-state index in [1.807, 2.05) is 6.92 Å². The number of Topliss-reactive ketones (excluding diaryl/α,β-unsaturated/α-hetero) is 1. The number of piperidine rings is 1. The van der Waals surface area contributed by atoms with Crippen molar-refractivity contribution < 1.29 is 26.4 Å². The molecule has 10 heteroatoms. The monoisotopic (exact) mass is 492 g/mol. The molecule has 0 spiro atoms. The molecule has 178 valence electrons. The minimum Gasteiger partial charge on any atom is -0.349 e. The smallest absolute Gasteiger partial charge is 0.243 e. The molecule has 1 heterocycles. The number of nitrogens with zero attached hydrogens (tertiary/aromatic N) is 1. The Morgan fingerprint density at radius 2 is 1.58 bits per heavy atom. The van der Waals surface area contributed by atoms with Crippen molar-refractivity contribution in [3.05, 3.63) is 59.7 Å². The van der Waals surface area contributed by atoms with E-state index < -0.39 is 19.9 Å². The average Bonchev–Trinajstić information content (AvgIpc) is 2.78. The van der Waals surface area contributed by atoms with Crippen LogP contribution >= 0.6 is 0 Å². The van der Waals surface area contributed by atoms with E-state index in [4.69, 9.17) is 0 Å². The summed E-state index contributed by atoms with van der Waals surface area (Å²) in [7, 11) is -7.04. The zero-order valence-corrected chi connectivity index (χ0v) is 20.4. The van der Waals surface area contributed by atoms with Crippen LogP contribution in [0.3, 0.4) is 0 Å². The third kappa shape index (κ3) is 5.87. The highest BCUT2D eigenvalue weighted by Gasteiger charge is 2.32.